The van der Waals surface area contributed by atoms with E-state index in [0.29, 0.717) is 30.2 Å². The average molecular weight is 629 g/mol. The quantitative estimate of drug-likeness (QED) is 0.104. The van der Waals surface area contributed by atoms with Crippen LogP contribution in [0.3, 0.4) is 0 Å². The second kappa shape index (κ2) is 17.3. The molecule has 0 saturated carbocycles. The summed E-state index contributed by atoms with van der Waals surface area (Å²) in [5, 5.41) is 0. The van der Waals surface area contributed by atoms with Gasteiger partial charge in [0.05, 0.1) is 6.61 Å². The zero-order chi connectivity index (χ0) is 32.7. The number of benzene rings is 5. The molecule has 5 aromatic carbocycles. The van der Waals surface area contributed by atoms with E-state index < -0.39 is 5.97 Å². The van der Waals surface area contributed by atoms with E-state index in [4.69, 9.17) is 14.2 Å². The van der Waals surface area contributed by atoms with Gasteiger partial charge in [0.2, 0.25) is 0 Å². The molecule has 7 heteroatoms. The second-order valence-corrected chi connectivity index (χ2v) is 11.1. The largest absolute Gasteiger partial charge is 0.492 e. The van der Waals surface area contributed by atoms with Gasteiger partial charge in [-0.15, -0.1) is 0 Å². The van der Waals surface area contributed by atoms with Crippen LogP contribution in [0, 0.1) is 0 Å². The third-order valence-electron chi connectivity index (χ3n) is 7.44. The standard InChI is InChI=1S/C40H40N2O5/c1-2-45-39(43)31-42(30-34-21-23-37(24-22-34)47-36-18-10-5-11-19-36)40(44)35-17-12-20-38(27-35)46-26-25-41(28-32-13-6-3-7-14-32)29-33-15-8-4-9-16-33/h3-24,27H,2,25-26,28-31H2,1H3. The van der Waals surface area contributed by atoms with Gasteiger partial charge in [0.1, 0.15) is 30.4 Å². The number of amides is 1. The molecule has 0 aliphatic carbocycles. The molecule has 1 amide bonds. The maximum atomic E-state index is 13.8. The van der Waals surface area contributed by atoms with Gasteiger partial charge in [0, 0.05) is 31.7 Å². The van der Waals surface area contributed by atoms with Crippen LogP contribution >= 0.6 is 0 Å². The maximum Gasteiger partial charge on any atom is 0.325 e. The molecule has 0 radical (unpaired) electrons. The number of ether oxygens (including phenoxy) is 3. The van der Waals surface area contributed by atoms with Gasteiger partial charge >= 0.3 is 5.97 Å². The summed E-state index contributed by atoms with van der Waals surface area (Å²) in [6, 6.07) is 44.9. The van der Waals surface area contributed by atoms with E-state index in [9.17, 15) is 9.59 Å². The first-order valence-electron chi connectivity index (χ1n) is 15.9. The van der Waals surface area contributed by atoms with Crippen LogP contribution in [0.2, 0.25) is 0 Å². The molecule has 7 nitrogen and oxygen atoms in total. The summed E-state index contributed by atoms with van der Waals surface area (Å²) in [7, 11) is 0. The molecule has 0 saturated heterocycles. The van der Waals surface area contributed by atoms with Gasteiger partial charge in [-0.05, 0) is 66.1 Å². The summed E-state index contributed by atoms with van der Waals surface area (Å²) in [6.07, 6.45) is 0. The van der Waals surface area contributed by atoms with Crippen molar-refractivity contribution in [2.24, 2.45) is 0 Å². The Hall–Kier alpha value is -5.40. The van der Waals surface area contributed by atoms with E-state index in [-0.39, 0.29) is 25.6 Å². The molecule has 0 atom stereocenters. The summed E-state index contributed by atoms with van der Waals surface area (Å²) in [6.45, 7) is 4.76. The predicted molar refractivity (Wildman–Crippen MR) is 183 cm³/mol. The lowest BCUT2D eigenvalue weighted by Gasteiger charge is -2.23. The monoisotopic (exact) mass is 628 g/mol. The first-order chi connectivity index (χ1) is 23.1. The lowest BCUT2D eigenvalue weighted by atomic mass is 10.1. The van der Waals surface area contributed by atoms with Crippen molar-refractivity contribution in [1.82, 2.24) is 9.80 Å². The highest BCUT2D eigenvalue weighted by atomic mass is 16.5. The number of esters is 1. The van der Waals surface area contributed by atoms with Crippen molar-refractivity contribution in [2.45, 2.75) is 26.6 Å². The normalized spacial score (nSPS) is 10.8. The van der Waals surface area contributed by atoms with Crippen molar-refractivity contribution in [3.05, 3.63) is 162 Å². The Kier molecular flexibility index (Phi) is 12.2. The number of nitrogens with zero attached hydrogens (tertiary/aromatic N) is 2. The van der Waals surface area contributed by atoms with Crippen LogP contribution in [0.1, 0.15) is 34.0 Å². The molecular weight excluding hydrogens is 588 g/mol. The van der Waals surface area contributed by atoms with Gasteiger partial charge in [-0.1, -0.05) is 97.1 Å². The summed E-state index contributed by atoms with van der Waals surface area (Å²) < 4.78 is 17.2. The van der Waals surface area contributed by atoms with E-state index in [0.717, 1.165) is 24.4 Å². The molecule has 240 valence electrons. The van der Waals surface area contributed by atoms with Gasteiger partial charge in [0.15, 0.2) is 0 Å². The van der Waals surface area contributed by atoms with Crippen LogP contribution in [0.5, 0.6) is 17.2 Å². The number of hydrogen-bond donors (Lipinski definition) is 0. The fourth-order valence-corrected chi connectivity index (χ4v) is 5.16. The van der Waals surface area contributed by atoms with Crippen molar-refractivity contribution < 1.29 is 23.8 Å². The highest BCUT2D eigenvalue weighted by Gasteiger charge is 2.21. The van der Waals surface area contributed by atoms with E-state index in [1.165, 1.54) is 16.0 Å². The van der Waals surface area contributed by atoms with Gasteiger partial charge in [-0.2, -0.15) is 0 Å². The van der Waals surface area contributed by atoms with Crippen LogP contribution in [0.4, 0.5) is 0 Å². The van der Waals surface area contributed by atoms with Crippen molar-refractivity contribution >= 4 is 11.9 Å². The zero-order valence-electron chi connectivity index (χ0n) is 26.7. The van der Waals surface area contributed by atoms with E-state index in [2.05, 4.69) is 53.4 Å². The molecule has 0 unspecified atom stereocenters. The Bertz CT molecular complexity index is 1640. The highest BCUT2D eigenvalue weighted by Crippen LogP contribution is 2.23. The van der Waals surface area contributed by atoms with Gasteiger partial charge in [-0.25, -0.2) is 0 Å². The van der Waals surface area contributed by atoms with E-state index >= 15 is 0 Å². The minimum absolute atomic E-state index is 0.173. The Labute approximate surface area is 276 Å². The summed E-state index contributed by atoms with van der Waals surface area (Å²) in [5.41, 5.74) is 3.75. The lowest BCUT2D eigenvalue weighted by Crippen LogP contribution is -2.36. The van der Waals surface area contributed by atoms with Crippen LogP contribution in [0.25, 0.3) is 0 Å². The minimum atomic E-state index is -0.464. The third-order valence-corrected chi connectivity index (χ3v) is 7.44. The fourth-order valence-electron chi connectivity index (χ4n) is 5.16. The average Bonchev–Trinajstić information content (AvgIpc) is 3.10. The first kappa shape index (κ1) is 33.0. The van der Waals surface area contributed by atoms with Crippen molar-refractivity contribution in [3.63, 3.8) is 0 Å². The van der Waals surface area contributed by atoms with Gasteiger partial charge in [0.25, 0.3) is 5.91 Å². The molecule has 0 aliphatic heterocycles. The number of para-hydroxylation sites is 1. The van der Waals surface area contributed by atoms with Crippen LogP contribution in [-0.4, -0.2) is 48.0 Å². The number of carbonyl (C=O) groups excluding carboxylic acids is 2. The van der Waals surface area contributed by atoms with E-state index in [1.54, 1.807) is 25.1 Å². The molecule has 47 heavy (non-hydrogen) atoms. The van der Waals surface area contributed by atoms with Crippen LogP contribution in [-0.2, 0) is 29.2 Å². The second-order valence-electron chi connectivity index (χ2n) is 11.1. The molecule has 0 aliphatic rings. The molecule has 0 spiro atoms. The molecule has 5 aromatic rings. The highest BCUT2D eigenvalue weighted by molar-refractivity contribution is 5.96. The van der Waals surface area contributed by atoms with Crippen molar-refractivity contribution in [1.29, 1.82) is 0 Å². The third kappa shape index (κ3) is 10.6. The fraction of sp³-hybridized carbons (Fsp3) is 0.200. The van der Waals surface area contributed by atoms with E-state index in [1.807, 2.05) is 72.8 Å². The lowest BCUT2D eigenvalue weighted by molar-refractivity contribution is -0.143. The zero-order valence-corrected chi connectivity index (χ0v) is 26.7. The Morgan fingerprint density at radius 1 is 0.596 bits per heavy atom. The Morgan fingerprint density at radius 3 is 1.77 bits per heavy atom. The molecule has 0 N–H and O–H groups in total. The Morgan fingerprint density at radius 2 is 1.15 bits per heavy atom. The summed E-state index contributed by atoms with van der Waals surface area (Å²) in [4.78, 5) is 30.1. The van der Waals surface area contributed by atoms with Crippen LogP contribution < -0.4 is 9.47 Å². The molecule has 0 bridgehead atoms. The molecule has 0 fully saturated rings. The number of carbonyl (C=O) groups is 2. The van der Waals surface area contributed by atoms with Gasteiger partial charge < -0.3 is 19.1 Å². The maximum absolute atomic E-state index is 13.8. The minimum Gasteiger partial charge on any atom is -0.492 e. The first-order valence-corrected chi connectivity index (χ1v) is 15.9. The van der Waals surface area contributed by atoms with Crippen molar-refractivity contribution in [3.8, 4) is 17.2 Å². The van der Waals surface area contributed by atoms with Crippen molar-refractivity contribution in [2.75, 3.05) is 26.3 Å². The topological polar surface area (TPSA) is 68.3 Å². The van der Waals surface area contributed by atoms with Gasteiger partial charge in [-0.3, -0.25) is 14.5 Å². The number of hydrogen-bond acceptors (Lipinski definition) is 6. The summed E-state index contributed by atoms with van der Waals surface area (Å²) in [5.74, 6) is 1.26. The molecule has 0 heterocycles. The molecule has 5 rings (SSSR count). The Balaban J connectivity index is 1.23. The SMILES string of the molecule is CCOC(=O)CN(Cc1ccc(Oc2ccccc2)cc1)C(=O)c1cccc(OCCN(Cc2ccccc2)Cc2ccccc2)c1. The van der Waals surface area contributed by atoms with Crippen LogP contribution in [0.15, 0.2) is 140 Å². The molecular formula is C40H40N2O5. The smallest absolute Gasteiger partial charge is 0.325 e. The summed E-state index contributed by atoms with van der Waals surface area (Å²) >= 11 is 0. The molecule has 0 aromatic heterocycles. The predicted octanol–water partition coefficient (Wildman–Crippen LogP) is 7.77. The number of rotatable bonds is 16.